The predicted octanol–water partition coefficient (Wildman–Crippen LogP) is 2.04. The first-order valence-electron chi connectivity index (χ1n) is 9.50. The van der Waals surface area contributed by atoms with Crippen LogP contribution in [0, 0.1) is 13.8 Å². The summed E-state index contributed by atoms with van der Waals surface area (Å²) in [5, 5.41) is 0. The SMILES string of the molecule is CC[C@H](C)N(C(=O)COC(=O)COc1ccc(C)c(C)c1)[C@@H]1CCS(=O)(=O)C1. The highest BCUT2D eigenvalue weighted by Crippen LogP contribution is 2.21. The van der Waals surface area contributed by atoms with Crippen molar-refractivity contribution in [1.82, 2.24) is 4.90 Å². The van der Waals surface area contributed by atoms with Crippen molar-refractivity contribution < 1.29 is 27.5 Å². The van der Waals surface area contributed by atoms with Crippen molar-refractivity contribution >= 4 is 21.7 Å². The number of hydrogen-bond donors (Lipinski definition) is 0. The lowest BCUT2D eigenvalue weighted by Gasteiger charge is -2.33. The van der Waals surface area contributed by atoms with Gasteiger partial charge >= 0.3 is 5.97 Å². The predicted molar refractivity (Wildman–Crippen MR) is 106 cm³/mol. The zero-order valence-corrected chi connectivity index (χ0v) is 17.8. The fourth-order valence-corrected chi connectivity index (χ4v) is 4.92. The molecule has 1 aromatic rings. The van der Waals surface area contributed by atoms with Gasteiger partial charge in [0.2, 0.25) is 0 Å². The molecule has 156 valence electrons. The van der Waals surface area contributed by atoms with Crippen molar-refractivity contribution in [3.8, 4) is 5.75 Å². The summed E-state index contributed by atoms with van der Waals surface area (Å²) in [7, 11) is -3.11. The summed E-state index contributed by atoms with van der Waals surface area (Å²) in [4.78, 5) is 26.1. The second-order valence-electron chi connectivity index (χ2n) is 7.31. The third-order valence-electron chi connectivity index (χ3n) is 5.15. The van der Waals surface area contributed by atoms with E-state index in [1.54, 1.807) is 11.0 Å². The van der Waals surface area contributed by atoms with E-state index in [0.29, 0.717) is 18.6 Å². The van der Waals surface area contributed by atoms with Crippen LogP contribution < -0.4 is 4.74 Å². The fraction of sp³-hybridized carbons (Fsp3) is 0.600. The smallest absolute Gasteiger partial charge is 0.344 e. The molecule has 0 aromatic heterocycles. The van der Waals surface area contributed by atoms with Gasteiger partial charge in [-0.2, -0.15) is 0 Å². The molecule has 0 unspecified atom stereocenters. The molecule has 28 heavy (non-hydrogen) atoms. The first kappa shape index (κ1) is 22.2. The van der Waals surface area contributed by atoms with E-state index in [0.717, 1.165) is 11.1 Å². The minimum absolute atomic E-state index is 0.0348. The first-order chi connectivity index (χ1) is 13.1. The highest BCUT2D eigenvalue weighted by Gasteiger charge is 2.36. The van der Waals surface area contributed by atoms with E-state index in [1.807, 2.05) is 39.8 Å². The number of ether oxygens (including phenoxy) is 2. The molecular weight excluding hydrogens is 382 g/mol. The van der Waals surface area contributed by atoms with Gasteiger partial charge in [0.1, 0.15) is 5.75 Å². The van der Waals surface area contributed by atoms with Crippen molar-refractivity contribution in [2.45, 2.75) is 52.6 Å². The molecule has 8 heteroatoms. The second-order valence-corrected chi connectivity index (χ2v) is 9.54. The number of sulfone groups is 1. The van der Waals surface area contributed by atoms with Crippen LogP contribution in [0.2, 0.25) is 0 Å². The van der Waals surface area contributed by atoms with Gasteiger partial charge in [0, 0.05) is 12.1 Å². The van der Waals surface area contributed by atoms with Gasteiger partial charge in [0.15, 0.2) is 23.1 Å². The number of rotatable bonds is 8. The average molecular weight is 412 g/mol. The Kier molecular flexibility index (Phi) is 7.46. The Morgan fingerprint density at radius 1 is 1.21 bits per heavy atom. The summed E-state index contributed by atoms with van der Waals surface area (Å²) < 4.78 is 34.0. The second kappa shape index (κ2) is 9.41. The van der Waals surface area contributed by atoms with E-state index in [-0.39, 0.29) is 36.1 Å². The maximum atomic E-state index is 12.6. The molecule has 0 aliphatic carbocycles. The molecule has 0 N–H and O–H groups in total. The zero-order valence-electron chi connectivity index (χ0n) is 16.9. The van der Waals surface area contributed by atoms with Gasteiger partial charge in [0.25, 0.3) is 5.91 Å². The highest BCUT2D eigenvalue weighted by molar-refractivity contribution is 7.91. The number of aryl methyl sites for hydroxylation is 2. The first-order valence-corrected chi connectivity index (χ1v) is 11.3. The number of amides is 1. The molecule has 1 heterocycles. The van der Waals surface area contributed by atoms with Crippen molar-refractivity contribution in [3.63, 3.8) is 0 Å². The Morgan fingerprint density at radius 3 is 2.50 bits per heavy atom. The van der Waals surface area contributed by atoms with Crippen LogP contribution in [0.25, 0.3) is 0 Å². The maximum Gasteiger partial charge on any atom is 0.344 e. The van der Waals surface area contributed by atoms with Gasteiger partial charge in [-0.05, 0) is 56.9 Å². The van der Waals surface area contributed by atoms with Gasteiger partial charge < -0.3 is 14.4 Å². The summed E-state index contributed by atoms with van der Waals surface area (Å²) in [6.07, 6.45) is 1.11. The average Bonchev–Trinajstić information content (AvgIpc) is 3.00. The summed E-state index contributed by atoms with van der Waals surface area (Å²) in [5.74, 6) is -0.413. The number of carbonyl (C=O) groups is 2. The molecule has 2 atom stereocenters. The summed E-state index contributed by atoms with van der Waals surface area (Å²) >= 11 is 0. The van der Waals surface area contributed by atoms with E-state index in [2.05, 4.69) is 0 Å². The highest BCUT2D eigenvalue weighted by atomic mass is 32.2. The molecule has 1 aromatic carbocycles. The largest absolute Gasteiger partial charge is 0.482 e. The van der Waals surface area contributed by atoms with Crippen LogP contribution >= 0.6 is 0 Å². The van der Waals surface area contributed by atoms with Crippen LogP contribution in [0.15, 0.2) is 18.2 Å². The molecule has 0 spiro atoms. The van der Waals surface area contributed by atoms with E-state index in [1.165, 1.54) is 0 Å². The van der Waals surface area contributed by atoms with Gasteiger partial charge in [-0.1, -0.05) is 13.0 Å². The number of hydrogen-bond acceptors (Lipinski definition) is 6. The Labute approximate surface area is 166 Å². The fourth-order valence-electron chi connectivity index (χ4n) is 3.21. The summed E-state index contributed by atoms with van der Waals surface area (Å²) in [5.41, 5.74) is 2.18. The molecule has 1 saturated heterocycles. The minimum atomic E-state index is -3.11. The molecule has 0 bridgehead atoms. The molecule has 1 amide bonds. The third-order valence-corrected chi connectivity index (χ3v) is 6.90. The van der Waals surface area contributed by atoms with Crippen LogP contribution in [0.3, 0.4) is 0 Å². The molecule has 1 aliphatic heterocycles. The lowest BCUT2D eigenvalue weighted by Crippen LogP contribution is -2.48. The molecule has 0 saturated carbocycles. The van der Waals surface area contributed by atoms with Gasteiger partial charge in [0.05, 0.1) is 11.5 Å². The van der Waals surface area contributed by atoms with Crippen LogP contribution in [0.1, 0.15) is 37.8 Å². The Bertz CT molecular complexity index is 820. The topological polar surface area (TPSA) is 90.0 Å². The van der Waals surface area contributed by atoms with Crippen molar-refractivity contribution in [2.24, 2.45) is 0 Å². The summed E-state index contributed by atoms with van der Waals surface area (Å²) in [6.45, 7) is 7.02. The number of nitrogens with zero attached hydrogens (tertiary/aromatic N) is 1. The Hall–Kier alpha value is -2.09. The third kappa shape index (κ3) is 5.95. The Balaban J connectivity index is 1.88. The normalized spacial score (nSPS) is 19.1. The van der Waals surface area contributed by atoms with Crippen LogP contribution in [0.5, 0.6) is 5.75 Å². The van der Waals surface area contributed by atoms with E-state index < -0.39 is 22.4 Å². The van der Waals surface area contributed by atoms with Crippen LogP contribution in [0.4, 0.5) is 0 Å². The molecule has 0 radical (unpaired) electrons. The van der Waals surface area contributed by atoms with Crippen LogP contribution in [-0.4, -0.2) is 62.0 Å². The Morgan fingerprint density at radius 2 is 1.93 bits per heavy atom. The van der Waals surface area contributed by atoms with E-state index in [4.69, 9.17) is 9.47 Å². The lowest BCUT2D eigenvalue weighted by atomic mass is 10.1. The molecule has 1 fully saturated rings. The standard InChI is InChI=1S/C20H29NO6S/c1-5-16(4)21(17-8-9-28(24,25)13-17)19(22)11-27-20(23)12-26-18-7-6-14(2)15(3)10-18/h6-7,10,16-17H,5,8-9,11-13H2,1-4H3/t16-,17+/m0/s1. The zero-order chi connectivity index (χ0) is 20.9. The molecule has 7 nitrogen and oxygen atoms in total. The van der Waals surface area contributed by atoms with E-state index >= 15 is 0 Å². The number of esters is 1. The molecule has 1 aliphatic rings. The molecule has 2 rings (SSSR count). The van der Waals surface area contributed by atoms with Crippen molar-refractivity contribution in [2.75, 3.05) is 24.7 Å². The molecular formula is C20H29NO6S. The van der Waals surface area contributed by atoms with Gasteiger partial charge in [-0.25, -0.2) is 13.2 Å². The van der Waals surface area contributed by atoms with Crippen LogP contribution in [-0.2, 0) is 24.2 Å². The van der Waals surface area contributed by atoms with Crippen molar-refractivity contribution in [1.29, 1.82) is 0 Å². The quantitative estimate of drug-likeness (QED) is 0.608. The minimum Gasteiger partial charge on any atom is -0.482 e. The van der Waals surface area contributed by atoms with Gasteiger partial charge in [-0.15, -0.1) is 0 Å². The summed E-state index contributed by atoms with van der Waals surface area (Å²) in [6, 6.07) is 5.01. The number of benzene rings is 1. The maximum absolute atomic E-state index is 12.6. The monoisotopic (exact) mass is 411 g/mol. The van der Waals surface area contributed by atoms with E-state index in [9.17, 15) is 18.0 Å². The van der Waals surface area contributed by atoms with Crippen molar-refractivity contribution in [3.05, 3.63) is 29.3 Å². The lowest BCUT2D eigenvalue weighted by molar-refractivity contribution is -0.155. The number of carbonyl (C=O) groups excluding carboxylic acids is 2. The van der Waals surface area contributed by atoms with Gasteiger partial charge in [-0.3, -0.25) is 4.79 Å².